The fourth-order valence-corrected chi connectivity index (χ4v) is 5.34. The van der Waals surface area contributed by atoms with Crippen molar-refractivity contribution in [2.45, 2.75) is 50.1 Å². The average molecular weight is 469 g/mol. The summed E-state index contributed by atoms with van der Waals surface area (Å²) in [5.41, 5.74) is 0.555. The summed E-state index contributed by atoms with van der Waals surface area (Å²) >= 11 is 0. The SMILES string of the molecule is CC(C)(C)c1ccccc1NC(=O)C1CCN(S(=O)(=O)c2cccc(C(F)(F)F)c2)CC1. The van der Waals surface area contributed by atoms with E-state index in [4.69, 9.17) is 0 Å². The summed E-state index contributed by atoms with van der Waals surface area (Å²) in [5.74, 6) is -0.561. The summed E-state index contributed by atoms with van der Waals surface area (Å²) in [4.78, 5) is 12.4. The minimum Gasteiger partial charge on any atom is -0.326 e. The minimum atomic E-state index is -4.63. The monoisotopic (exact) mass is 468 g/mol. The molecule has 0 radical (unpaired) electrons. The molecule has 1 aliphatic heterocycles. The van der Waals surface area contributed by atoms with Gasteiger partial charge in [0.15, 0.2) is 0 Å². The van der Waals surface area contributed by atoms with Gasteiger partial charge in [0.25, 0.3) is 0 Å². The first kappa shape index (κ1) is 24.3. The molecule has 0 unspecified atom stereocenters. The predicted octanol–water partition coefficient (Wildman–Crippen LogP) is 5.04. The number of carbonyl (C=O) groups excluding carboxylic acids is 1. The van der Waals surface area contributed by atoms with E-state index in [1.54, 1.807) is 0 Å². The number of halogens is 3. The molecule has 0 aliphatic carbocycles. The second kappa shape index (κ2) is 8.86. The maximum Gasteiger partial charge on any atom is 0.416 e. The van der Waals surface area contributed by atoms with Crippen LogP contribution < -0.4 is 5.32 Å². The molecule has 174 valence electrons. The number of sulfonamides is 1. The zero-order valence-electron chi connectivity index (χ0n) is 18.2. The maximum absolute atomic E-state index is 13.0. The van der Waals surface area contributed by atoms with Crippen molar-refractivity contribution in [3.63, 3.8) is 0 Å². The van der Waals surface area contributed by atoms with E-state index in [-0.39, 0.29) is 30.3 Å². The summed E-state index contributed by atoms with van der Waals surface area (Å²) in [6.07, 6.45) is -4.04. The lowest BCUT2D eigenvalue weighted by atomic mass is 9.85. The highest BCUT2D eigenvalue weighted by Gasteiger charge is 2.35. The van der Waals surface area contributed by atoms with Gasteiger partial charge in [-0.1, -0.05) is 45.0 Å². The van der Waals surface area contributed by atoms with Crippen LogP contribution in [0.1, 0.15) is 44.7 Å². The van der Waals surface area contributed by atoms with Crippen molar-refractivity contribution in [3.8, 4) is 0 Å². The number of benzene rings is 2. The van der Waals surface area contributed by atoms with Crippen LogP contribution in [0.3, 0.4) is 0 Å². The number of rotatable bonds is 4. The van der Waals surface area contributed by atoms with Crippen LogP contribution in [-0.2, 0) is 26.4 Å². The fraction of sp³-hybridized carbons (Fsp3) is 0.435. The maximum atomic E-state index is 13.0. The average Bonchev–Trinajstić information content (AvgIpc) is 2.73. The Morgan fingerprint density at radius 1 is 1.00 bits per heavy atom. The molecule has 1 fully saturated rings. The van der Waals surface area contributed by atoms with E-state index in [2.05, 4.69) is 26.1 Å². The first-order valence-corrected chi connectivity index (χ1v) is 11.8. The van der Waals surface area contributed by atoms with Gasteiger partial charge in [-0.3, -0.25) is 4.79 Å². The van der Waals surface area contributed by atoms with Crippen molar-refractivity contribution in [1.82, 2.24) is 4.31 Å². The van der Waals surface area contributed by atoms with Crippen molar-refractivity contribution in [2.24, 2.45) is 5.92 Å². The molecule has 0 spiro atoms. The van der Waals surface area contributed by atoms with Gasteiger partial charge in [-0.25, -0.2) is 8.42 Å². The van der Waals surface area contributed by atoms with Crippen LogP contribution in [-0.4, -0.2) is 31.7 Å². The van der Waals surface area contributed by atoms with Gasteiger partial charge in [-0.05, 0) is 48.1 Å². The van der Waals surface area contributed by atoms with Crippen molar-refractivity contribution >= 4 is 21.6 Å². The van der Waals surface area contributed by atoms with Crippen LogP contribution in [0.25, 0.3) is 0 Å². The Labute approximate surface area is 186 Å². The summed E-state index contributed by atoms with van der Waals surface area (Å²) in [5, 5.41) is 2.96. The van der Waals surface area contributed by atoms with E-state index < -0.39 is 26.7 Å². The van der Waals surface area contributed by atoms with Crippen LogP contribution in [0, 0.1) is 5.92 Å². The Balaban J connectivity index is 1.68. The number of alkyl halides is 3. The van der Waals surface area contributed by atoms with Gasteiger partial charge in [-0.15, -0.1) is 0 Å². The summed E-state index contributed by atoms with van der Waals surface area (Å²) in [6, 6.07) is 11.3. The van der Waals surface area contributed by atoms with Crippen LogP contribution >= 0.6 is 0 Å². The molecule has 0 saturated carbocycles. The lowest BCUT2D eigenvalue weighted by molar-refractivity contribution is -0.137. The molecule has 0 aromatic heterocycles. The Morgan fingerprint density at radius 2 is 1.62 bits per heavy atom. The largest absolute Gasteiger partial charge is 0.416 e. The van der Waals surface area contributed by atoms with E-state index in [9.17, 15) is 26.4 Å². The standard InChI is InChI=1S/C23H27F3N2O3S/c1-22(2,3)19-9-4-5-10-20(19)27-21(29)16-11-13-28(14-12-16)32(30,31)18-8-6-7-17(15-18)23(24,25)26/h4-10,15-16H,11-14H2,1-3H3,(H,27,29). The highest BCUT2D eigenvalue weighted by Crippen LogP contribution is 2.33. The molecule has 1 amide bonds. The Morgan fingerprint density at radius 3 is 2.22 bits per heavy atom. The molecule has 1 heterocycles. The number of carbonyl (C=O) groups is 1. The van der Waals surface area contributed by atoms with E-state index in [1.807, 2.05) is 24.3 Å². The van der Waals surface area contributed by atoms with Crippen LogP contribution in [0.15, 0.2) is 53.4 Å². The molecule has 1 N–H and O–H groups in total. The van der Waals surface area contributed by atoms with Gasteiger partial charge in [0.2, 0.25) is 15.9 Å². The van der Waals surface area contributed by atoms with E-state index >= 15 is 0 Å². The molecular weight excluding hydrogens is 441 g/mol. The molecule has 3 rings (SSSR count). The van der Waals surface area contributed by atoms with Crippen molar-refractivity contribution in [2.75, 3.05) is 18.4 Å². The highest BCUT2D eigenvalue weighted by molar-refractivity contribution is 7.89. The number of piperidine rings is 1. The smallest absolute Gasteiger partial charge is 0.326 e. The molecule has 2 aromatic rings. The topological polar surface area (TPSA) is 66.5 Å². The molecule has 2 aromatic carbocycles. The quantitative estimate of drug-likeness (QED) is 0.684. The molecule has 0 atom stereocenters. The highest BCUT2D eigenvalue weighted by atomic mass is 32.2. The Bertz CT molecular complexity index is 1080. The second-order valence-electron chi connectivity index (χ2n) is 8.99. The number of amides is 1. The van der Waals surface area contributed by atoms with Crippen molar-refractivity contribution in [3.05, 3.63) is 59.7 Å². The zero-order chi connectivity index (χ0) is 23.7. The van der Waals surface area contributed by atoms with Crippen molar-refractivity contribution in [1.29, 1.82) is 0 Å². The Hall–Kier alpha value is -2.39. The fourth-order valence-electron chi connectivity index (χ4n) is 3.82. The first-order valence-electron chi connectivity index (χ1n) is 10.4. The molecule has 9 heteroatoms. The van der Waals surface area contributed by atoms with E-state index in [0.717, 1.165) is 33.8 Å². The summed E-state index contributed by atoms with van der Waals surface area (Å²) in [6.45, 7) is 6.29. The molecular formula is C23H27F3N2O3S. The van der Waals surface area contributed by atoms with E-state index in [1.165, 1.54) is 0 Å². The summed E-state index contributed by atoms with van der Waals surface area (Å²) < 4.78 is 65.7. The van der Waals surface area contributed by atoms with Gasteiger partial charge < -0.3 is 5.32 Å². The first-order chi connectivity index (χ1) is 14.8. The van der Waals surface area contributed by atoms with Crippen LogP contribution in [0.2, 0.25) is 0 Å². The summed E-state index contributed by atoms with van der Waals surface area (Å²) in [7, 11) is -4.08. The van der Waals surface area contributed by atoms with Crippen molar-refractivity contribution < 1.29 is 26.4 Å². The number of hydrogen-bond acceptors (Lipinski definition) is 3. The predicted molar refractivity (Wildman–Crippen MR) is 117 cm³/mol. The lowest BCUT2D eigenvalue weighted by Gasteiger charge is -2.31. The normalized spacial score (nSPS) is 16.7. The molecule has 0 bridgehead atoms. The third-order valence-corrected chi connectivity index (χ3v) is 7.51. The van der Waals surface area contributed by atoms with Gasteiger partial charge in [0.05, 0.1) is 10.5 Å². The molecule has 1 saturated heterocycles. The second-order valence-corrected chi connectivity index (χ2v) is 10.9. The zero-order valence-corrected chi connectivity index (χ0v) is 19.1. The van der Waals surface area contributed by atoms with E-state index in [0.29, 0.717) is 18.9 Å². The molecule has 1 aliphatic rings. The Kier molecular flexibility index (Phi) is 6.72. The van der Waals surface area contributed by atoms with Crippen LogP contribution in [0.4, 0.5) is 18.9 Å². The number of para-hydroxylation sites is 1. The minimum absolute atomic E-state index is 0.0670. The third kappa shape index (κ3) is 5.32. The van der Waals surface area contributed by atoms with Gasteiger partial charge >= 0.3 is 6.18 Å². The lowest BCUT2D eigenvalue weighted by Crippen LogP contribution is -2.41. The van der Waals surface area contributed by atoms with Gasteiger partial charge in [0, 0.05) is 24.7 Å². The third-order valence-electron chi connectivity index (χ3n) is 5.62. The van der Waals surface area contributed by atoms with Gasteiger partial charge in [-0.2, -0.15) is 17.5 Å². The number of nitrogens with one attached hydrogen (secondary N) is 1. The molecule has 32 heavy (non-hydrogen) atoms. The van der Waals surface area contributed by atoms with Crippen LogP contribution in [0.5, 0.6) is 0 Å². The number of hydrogen-bond donors (Lipinski definition) is 1. The van der Waals surface area contributed by atoms with Gasteiger partial charge in [0.1, 0.15) is 0 Å². The molecule has 5 nitrogen and oxygen atoms in total. The number of nitrogens with zero attached hydrogens (tertiary/aromatic N) is 1. The number of anilines is 1.